The van der Waals surface area contributed by atoms with Gasteiger partial charge in [0, 0.05) is 37.7 Å². The lowest BCUT2D eigenvalue weighted by Crippen LogP contribution is -2.45. The van der Waals surface area contributed by atoms with Crippen LogP contribution in [0.4, 0.5) is 5.82 Å². The van der Waals surface area contributed by atoms with Gasteiger partial charge in [-0.1, -0.05) is 18.2 Å². The predicted molar refractivity (Wildman–Crippen MR) is 147 cm³/mol. The number of aromatic nitrogens is 2. The maximum atomic E-state index is 12.7. The highest BCUT2D eigenvalue weighted by molar-refractivity contribution is 7.86. The normalized spacial score (nSPS) is 11.9. The van der Waals surface area contributed by atoms with Gasteiger partial charge in [0.1, 0.15) is 16.8 Å². The van der Waals surface area contributed by atoms with Gasteiger partial charge in [-0.25, -0.2) is 4.98 Å². The molecule has 0 radical (unpaired) electrons. The van der Waals surface area contributed by atoms with Crippen molar-refractivity contribution in [1.29, 1.82) is 0 Å². The number of amides is 3. The first-order chi connectivity index (χ1) is 19.2. The molecule has 2 aromatic heterocycles. The largest absolute Gasteiger partial charge is 0.357 e. The van der Waals surface area contributed by atoms with Crippen molar-refractivity contribution < 1.29 is 27.4 Å². The first-order valence-corrected chi connectivity index (χ1v) is 13.7. The second kappa shape index (κ2) is 14.5. The van der Waals surface area contributed by atoms with Crippen molar-refractivity contribution in [3.05, 3.63) is 83.8 Å². The molecule has 3 amide bonds. The van der Waals surface area contributed by atoms with Crippen LogP contribution < -0.4 is 21.4 Å². The zero-order valence-corrected chi connectivity index (χ0v) is 22.4. The topological polar surface area (TPSA) is 192 Å². The third-order valence-electron chi connectivity index (χ3n) is 5.60. The van der Waals surface area contributed by atoms with Gasteiger partial charge in [-0.05, 0) is 49.6 Å². The first-order valence-electron chi connectivity index (χ1n) is 12.2. The number of benzene rings is 1. The lowest BCUT2D eigenvalue weighted by atomic mass is 10.1. The molecule has 0 spiro atoms. The van der Waals surface area contributed by atoms with E-state index in [0.29, 0.717) is 31.4 Å². The van der Waals surface area contributed by atoms with Crippen molar-refractivity contribution in [2.75, 3.05) is 19.0 Å². The van der Waals surface area contributed by atoms with Crippen LogP contribution in [0.3, 0.4) is 0 Å². The molecule has 1 atom stereocenters. The van der Waals surface area contributed by atoms with Crippen molar-refractivity contribution in [2.45, 2.75) is 30.2 Å². The molecule has 2 heterocycles. The highest BCUT2D eigenvalue weighted by atomic mass is 32.2. The van der Waals surface area contributed by atoms with Crippen molar-refractivity contribution in [3.8, 4) is 0 Å². The molecule has 13 nitrogen and oxygen atoms in total. The van der Waals surface area contributed by atoms with Crippen molar-refractivity contribution in [2.24, 2.45) is 5.10 Å². The van der Waals surface area contributed by atoms with E-state index in [0.717, 1.165) is 0 Å². The van der Waals surface area contributed by atoms with Gasteiger partial charge in [0.15, 0.2) is 0 Å². The van der Waals surface area contributed by atoms with Crippen LogP contribution in [-0.2, 0) is 14.9 Å². The van der Waals surface area contributed by atoms with E-state index in [4.69, 9.17) is 0 Å². The first kappa shape index (κ1) is 29.9. The molecule has 1 unspecified atom stereocenters. The number of hydrazone groups is 1. The van der Waals surface area contributed by atoms with E-state index in [-0.39, 0.29) is 33.7 Å². The molecule has 0 saturated heterocycles. The summed E-state index contributed by atoms with van der Waals surface area (Å²) in [4.78, 5) is 44.8. The Hall–Kier alpha value is -4.69. The Morgan fingerprint density at radius 3 is 2.45 bits per heavy atom. The smallest absolute Gasteiger partial charge is 0.295 e. The van der Waals surface area contributed by atoms with E-state index in [1.54, 1.807) is 24.4 Å². The maximum Gasteiger partial charge on any atom is 0.295 e. The molecule has 1 aromatic carbocycles. The molecule has 0 saturated carbocycles. The zero-order valence-electron chi connectivity index (χ0n) is 21.6. The van der Waals surface area contributed by atoms with Crippen LogP contribution in [0, 0.1) is 0 Å². The number of anilines is 1. The molecule has 3 aromatic rings. The van der Waals surface area contributed by atoms with Gasteiger partial charge >= 0.3 is 0 Å². The molecule has 14 heteroatoms. The lowest BCUT2D eigenvalue weighted by Gasteiger charge is -2.17. The lowest BCUT2D eigenvalue weighted by molar-refractivity contribution is -0.122. The molecule has 5 N–H and O–H groups in total. The van der Waals surface area contributed by atoms with E-state index < -0.39 is 22.1 Å². The Bertz CT molecular complexity index is 1450. The quantitative estimate of drug-likeness (QED) is 0.0883. The fourth-order valence-electron chi connectivity index (χ4n) is 3.54. The third kappa shape index (κ3) is 8.96. The van der Waals surface area contributed by atoms with Gasteiger partial charge in [-0.2, -0.15) is 13.5 Å². The van der Waals surface area contributed by atoms with Crippen LogP contribution in [0.2, 0.25) is 0 Å². The predicted octanol–water partition coefficient (Wildman–Crippen LogP) is 1.61. The Kier molecular flexibility index (Phi) is 10.8. The highest BCUT2D eigenvalue weighted by Gasteiger charge is 2.20. The van der Waals surface area contributed by atoms with Gasteiger partial charge in [-0.3, -0.25) is 29.3 Å². The Labute approximate surface area is 231 Å². The summed E-state index contributed by atoms with van der Waals surface area (Å²) in [7, 11) is -2.93. The van der Waals surface area contributed by atoms with Gasteiger partial charge < -0.3 is 16.0 Å². The monoisotopic (exact) mass is 567 g/mol. The van der Waals surface area contributed by atoms with E-state index in [9.17, 15) is 27.4 Å². The van der Waals surface area contributed by atoms with Crippen LogP contribution in [-0.4, -0.2) is 66.5 Å². The van der Waals surface area contributed by atoms with Crippen LogP contribution in [0.25, 0.3) is 0 Å². The van der Waals surface area contributed by atoms with Crippen LogP contribution in [0.5, 0.6) is 0 Å². The number of rotatable bonds is 13. The minimum Gasteiger partial charge on any atom is -0.357 e. The fraction of sp³-hybridized carbons (Fsp3) is 0.231. The summed E-state index contributed by atoms with van der Waals surface area (Å²) in [5.74, 6) is -0.807. The number of carbonyl (C=O) groups is 3. The number of hydrogen-bond acceptors (Lipinski definition) is 9. The minimum absolute atomic E-state index is 0.171. The van der Waals surface area contributed by atoms with Crippen LogP contribution in [0.1, 0.15) is 45.5 Å². The van der Waals surface area contributed by atoms with Crippen molar-refractivity contribution in [1.82, 2.24) is 25.9 Å². The van der Waals surface area contributed by atoms with E-state index >= 15 is 0 Å². The van der Waals surface area contributed by atoms with E-state index in [1.165, 1.54) is 56.0 Å². The number of pyridine rings is 2. The maximum absolute atomic E-state index is 12.7. The minimum atomic E-state index is -4.41. The second-order valence-electron chi connectivity index (χ2n) is 8.45. The molecule has 0 fully saturated rings. The van der Waals surface area contributed by atoms with Crippen LogP contribution >= 0.6 is 0 Å². The Morgan fingerprint density at radius 2 is 1.77 bits per heavy atom. The summed E-state index contributed by atoms with van der Waals surface area (Å²) in [5, 5.41) is 11.9. The fourth-order valence-corrected chi connectivity index (χ4v) is 4.21. The molecule has 3 rings (SSSR count). The second-order valence-corrected chi connectivity index (χ2v) is 9.84. The molecule has 0 aliphatic rings. The van der Waals surface area contributed by atoms with Crippen molar-refractivity contribution >= 4 is 39.9 Å². The molecule has 40 heavy (non-hydrogen) atoms. The van der Waals surface area contributed by atoms with Crippen molar-refractivity contribution in [3.63, 3.8) is 0 Å². The van der Waals surface area contributed by atoms with E-state index in [2.05, 4.69) is 36.4 Å². The molecule has 0 bridgehead atoms. The summed E-state index contributed by atoms with van der Waals surface area (Å²) in [6, 6.07) is 11.3. The summed E-state index contributed by atoms with van der Waals surface area (Å²) in [5.41, 5.74) is 3.46. The summed E-state index contributed by atoms with van der Waals surface area (Å²) in [6.07, 6.45) is 7.11. The molecular weight excluding hydrogens is 538 g/mol. The summed E-state index contributed by atoms with van der Waals surface area (Å²) < 4.78 is 32.2. The summed E-state index contributed by atoms with van der Waals surface area (Å²) in [6.45, 7) is 0.407. The SMILES string of the molecule is CNC(=O)C(CCCCNC(=O)c1cccnc1)NC(=O)c1ccc(NN=Cc2ccccc2S(=O)(=O)O)nc1. The average molecular weight is 568 g/mol. The molecular formula is C26H29N7O6S. The van der Waals surface area contributed by atoms with Gasteiger partial charge in [0.05, 0.1) is 17.3 Å². The number of carbonyl (C=O) groups excluding carboxylic acids is 3. The standard InChI is InChI=1S/C26H29N7O6S/c1-27-26(36)21(9-4-5-14-29-24(34)19-8-6-13-28-15-19)32-25(35)20-11-12-23(30-16-20)33-31-17-18-7-2-3-10-22(18)40(37,38)39/h2-3,6-8,10-13,15-17,21H,4-5,9,14H2,1H3,(H,27,36)(H,29,34)(H,30,33)(H,32,35)(H,37,38,39). The third-order valence-corrected chi connectivity index (χ3v) is 6.53. The molecule has 210 valence electrons. The Balaban J connectivity index is 1.50. The number of nitrogens with one attached hydrogen (secondary N) is 4. The molecule has 0 aliphatic carbocycles. The van der Waals surface area contributed by atoms with Crippen LogP contribution in [0.15, 0.2) is 77.1 Å². The van der Waals surface area contributed by atoms with Gasteiger partial charge in [-0.15, -0.1) is 0 Å². The Morgan fingerprint density at radius 1 is 1.00 bits per heavy atom. The highest BCUT2D eigenvalue weighted by Crippen LogP contribution is 2.13. The number of likely N-dealkylation sites (N-methyl/N-ethyl adjacent to an activating group) is 1. The zero-order chi connectivity index (χ0) is 29.0. The van der Waals surface area contributed by atoms with Gasteiger partial charge in [0.2, 0.25) is 5.91 Å². The molecule has 0 aliphatic heterocycles. The van der Waals surface area contributed by atoms with E-state index in [1.807, 2.05) is 0 Å². The summed E-state index contributed by atoms with van der Waals surface area (Å²) >= 11 is 0. The number of hydrogen-bond donors (Lipinski definition) is 5. The number of unbranched alkanes of at least 4 members (excludes halogenated alkanes) is 1. The number of nitrogens with zero attached hydrogens (tertiary/aromatic N) is 3. The van der Waals surface area contributed by atoms with Gasteiger partial charge in [0.25, 0.3) is 21.9 Å². The average Bonchev–Trinajstić information content (AvgIpc) is 2.96.